The minimum absolute atomic E-state index is 0.401. The second-order valence-corrected chi connectivity index (χ2v) is 3.80. The van der Waals surface area contributed by atoms with Crippen molar-refractivity contribution >= 4 is 5.91 Å². The average Bonchev–Trinajstić information content (AvgIpc) is 2.82. The first kappa shape index (κ1) is 11.4. The van der Waals surface area contributed by atoms with Crippen LogP contribution in [0, 0.1) is 0 Å². The Labute approximate surface area is 99.4 Å². The zero-order chi connectivity index (χ0) is 12.1. The van der Waals surface area contributed by atoms with Gasteiger partial charge in [0.05, 0.1) is 12.5 Å². The van der Waals surface area contributed by atoms with Crippen molar-refractivity contribution in [3.8, 4) is 0 Å². The van der Waals surface area contributed by atoms with Gasteiger partial charge in [-0.1, -0.05) is 12.1 Å². The van der Waals surface area contributed by atoms with E-state index < -0.39 is 5.91 Å². The molecule has 0 spiro atoms. The van der Waals surface area contributed by atoms with E-state index in [0.29, 0.717) is 12.1 Å². The topological polar surface area (TPSA) is 68.3 Å². The number of furan rings is 1. The monoisotopic (exact) mass is 230 g/mol. The molecular weight excluding hydrogens is 216 g/mol. The van der Waals surface area contributed by atoms with Crippen molar-refractivity contribution in [2.75, 3.05) is 0 Å². The van der Waals surface area contributed by atoms with Crippen LogP contribution in [0.2, 0.25) is 0 Å². The molecule has 4 heteroatoms. The van der Waals surface area contributed by atoms with Crippen molar-refractivity contribution < 1.29 is 9.21 Å². The number of hydrogen-bond donors (Lipinski definition) is 2. The fraction of sp³-hybridized carbons (Fsp3) is 0.154. The lowest BCUT2D eigenvalue weighted by Crippen LogP contribution is -2.14. The first-order chi connectivity index (χ1) is 8.25. The summed E-state index contributed by atoms with van der Waals surface area (Å²) in [6.07, 6.45) is 3.34. The Kier molecular flexibility index (Phi) is 3.57. The van der Waals surface area contributed by atoms with E-state index in [1.165, 1.54) is 0 Å². The smallest absolute Gasteiger partial charge is 0.248 e. The van der Waals surface area contributed by atoms with Gasteiger partial charge >= 0.3 is 0 Å². The Bertz CT molecular complexity index is 492. The van der Waals surface area contributed by atoms with Crippen LogP contribution < -0.4 is 11.1 Å². The summed E-state index contributed by atoms with van der Waals surface area (Å²) in [5.74, 6) is -0.401. The SMILES string of the molecule is NC(=O)c1cccc(CNCc2ccoc2)c1. The van der Waals surface area contributed by atoms with Crippen LogP contribution in [0.3, 0.4) is 0 Å². The van der Waals surface area contributed by atoms with E-state index in [2.05, 4.69) is 5.32 Å². The molecule has 0 aliphatic rings. The second kappa shape index (κ2) is 5.32. The first-order valence-electron chi connectivity index (χ1n) is 5.36. The maximum atomic E-state index is 11.0. The van der Waals surface area contributed by atoms with Crippen molar-refractivity contribution in [3.05, 3.63) is 59.5 Å². The molecule has 0 fully saturated rings. The van der Waals surface area contributed by atoms with Crippen LogP contribution in [0.15, 0.2) is 47.3 Å². The standard InChI is InChI=1S/C13H14N2O2/c14-13(16)12-3-1-2-10(6-12)7-15-8-11-4-5-17-9-11/h1-6,9,15H,7-8H2,(H2,14,16). The number of rotatable bonds is 5. The molecule has 3 N–H and O–H groups in total. The fourth-order valence-electron chi connectivity index (χ4n) is 1.58. The van der Waals surface area contributed by atoms with Gasteiger partial charge in [-0.15, -0.1) is 0 Å². The van der Waals surface area contributed by atoms with E-state index in [9.17, 15) is 4.79 Å². The molecule has 0 atom stereocenters. The highest BCUT2D eigenvalue weighted by Crippen LogP contribution is 2.05. The van der Waals surface area contributed by atoms with Gasteiger partial charge in [-0.3, -0.25) is 4.79 Å². The van der Waals surface area contributed by atoms with E-state index in [-0.39, 0.29) is 0 Å². The van der Waals surface area contributed by atoms with Crippen molar-refractivity contribution in [1.82, 2.24) is 5.32 Å². The van der Waals surface area contributed by atoms with Gasteiger partial charge in [-0.05, 0) is 23.8 Å². The molecule has 17 heavy (non-hydrogen) atoms. The number of carbonyl (C=O) groups excluding carboxylic acids is 1. The summed E-state index contributed by atoms with van der Waals surface area (Å²) < 4.78 is 4.97. The molecule has 0 saturated heterocycles. The van der Waals surface area contributed by atoms with Gasteiger partial charge in [0, 0.05) is 24.2 Å². The van der Waals surface area contributed by atoms with Crippen LogP contribution in [-0.4, -0.2) is 5.91 Å². The predicted octanol–water partition coefficient (Wildman–Crippen LogP) is 1.67. The summed E-state index contributed by atoms with van der Waals surface area (Å²) in [7, 11) is 0. The van der Waals surface area contributed by atoms with Crippen LogP contribution in [-0.2, 0) is 13.1 Å². The summed E-state index contributed by atoms with van der Waals surface area (Å²) in [5, 5.41) is 3.26. The van der Waals surface area contributed by atoms with Gasteiger partial charge in [0.1, 0.15) is 0 Å². The Hall–Kier alpha value is -2.07. The Morgan fingerprint density at radius 3 is 2.76 bits per heavy atom. The largest absolute Gasteiger partial charge is 0.472 e. The van der Waals surface area contributed by atoms with Crippen molar-refractivity contribution in [3.63, 3.8) is 0 Å². The summed E-state index contributed by atoms with van der Waals surface area (Å²) in [6.45, 7) is 1.42. The third-order valence-corrected chi connectivity index (χ3v) is 2.45. The van der Waals surface area contributed by atoms with Crippen molar-refractivity contribution in [2.24, 2.45) is 5.73 Å². The third-order valence-electron chi connectivity index (χ3n) is 2.45. The van der Waals surface area contributed by atoms with Crippen LogP contribution in [0.5, 0.6) is 0 Å². The molecule has 2 rings (SSSR count). The van der Waals surface area contributed by atoms with Gasteiger partial charge in [0.25, 0.3) is 0 Å². The molecule has 4 nitrogen and oxygen atoms in total. The van der Waals surface area contributed by atoms with Gasteiger partial charge in [-0.25, -0.2) is 0 Å². The Balaban J connectivity index is 1.90. The molecule has 0 aliphatic carbocycles. The number of benzene rings is 1. The summed E-state index contributed by atoms with van der Waals surface area (Å²) in [5.41, 5.74) is 7.88. The number of amides is 1. The third kappa shape index (κ3) is 3.19. The minimum atomic E-state index is -0.401. The zero-order valence-electron chi connectivity index (χ0n) is 9.35. The summed E-state index contributed by atoms with van der Waals surface area (Å²) >= 11 is 0. The molecule has 0 bridgehead atoms. The summed E-state index contributed by atoms with van der Waals surface area (Å²) in [4.78, 5) is 11.0. The molecule has 0 aliphatic heterocycles. The second-order valence-electron chi connectivity index (χ2n) is 3.80. The van der Waals surface area contributed by atoms with E-state index in [0.717, 1.165) is 17.7 Å². The highest BCUT2D eigenvalue weighted by atomic mass is 16.3. The van der Waals surface area contributed by atoms with Crippen LogP contribution in [0.25, 0.3) is 0 Å². The molecule has 1 aromatic heterocycles. The highest BCUT2D eigenvalue weighted by Gasteiger charge is 2.01. The molecule has 0 unspecified atom stereocenters. The fourth-order valence-corrected chi connectivity index (χ4v) is 1.58. The lowest BCUT2D eigenvalue weighted by Gasteiger charge is -2.04. The number of primary amides is 1. The predicted molar refractivity (Wildman–Crippen MR) is 64.2 cm³/mol. The Morgan fingerprint density at radius 2 is 2.06 bits per heavy atom. The van der Waals surface area contributed by atoms with Crippen LogP contribution in [0.4, 0.5) is 0 Å². The molecule has 1 amide bonds. The highest BCUT2D eigenvalue weighted by molar-refractivity contribution is 5.92. The maximum absolute atomic E-state index is 11.0. The number of nitrogens with two attached hydrogens (primary N) is 1. The van der Waals surface area contributed by atoms with E-state index in [1.54, 1.807) is 24.7 Å². The van der Waals surface area contributed by atoms with Crippen LogP contribution in [0.1, 0.15) is 21.5 Å². The van der Waals surface area contributed by atoms with E-state index >= 15 is 0 Å². The van der Waals surface area contributed by atoms with Crippen molar-refractivity contribution in [1.29, 1.82) is 0 Å². The normalized spacial score (nSPS) is 10.4. The first-order valence-corrected chi connectivity index (χ1v) is 5.36. The molecular formula is C13H14N2O2. The van der Waals surface area contributed by atoms with Gasteiger partial charge in [0.2, 0.25) is 5.91 Å². The summed E-state index contributed by atoms with van der Waals surface area (Å²) in [6, 6.07) is 9.20. The molecule has 1 aromatic carbocycles. The number of carbonyl (C=O) groups is 1. The number of nitrogens with one attached hydrogen (secondary N) is 1. The zero-order valence-corrected chi connectivity index (χ0v) is 9.35. The molecule has 0 radical (unpaired) electrons. The van der Waals surface area contributed by atoms with Gasteiger partial charge in [-0.2, -0.15) is 0 Å². The van der Waals surface area contributed by atoms with E-state index in [4.69, 9.17) is 10.2 Å². The minimum Gasteiger partial charge on any atom is -0.472 e. The molecule has 0 saturated carbocycles. The lowest BCUT2D eigenvalue weighted by atomic mass is 10.1. The van der Waals surface area contributed by atoms with Gasteiger partial charge < -0.3 is 15.5 Å². The quantitative estimate of drug-likeness (QED) is 0.821. The molecule has 88 valence electrons. The van der Waals surface area contributed by atoms with Crippen LogP contribution >= 0.6 is 0 Å². The van der Waals surface area contributed by atoms with Gasteiger partial charge in [0.15, 0.2) is 0 Å². The average molecular weight is 230 g/mol. The Morgan fingerprint density at radius 1 is 1.24 bits per heavy atom. The van der Waals surface area contributed by atoms with E-state index in [1.807, 2.05) is 18.2 Å². The number of hydrogen-bond acceptors (Lipinski definition) is 3. The molecule has 2 aromatic rings. The maximum Gasteiger partial charge on any atom is 0.248 e. The lowest BCUT2D eigenvalue weighted by molar-refractivity contribution is 0.1000. The molecule has 1 heterocycles. The van der Waals surface area contributed by atoms with Crippen molar-refractivity contribution in [2.45, 2.75) is 13.1 Å².